The second-order valence-electron chi connectivity index (χ2n) is 2.72. The molecule has 0 aliphatic heterocycles. The maximum absolute atomic E-state index is 11.0. The number of rotatable bonds is 7. The molecule has 0 bridgehead atoms. The topological polar surface area (TPSA) is 81.4 Å². The summed E-state index contributed by atoms with van der Waals surface area (Å²) in [5.41, 5.74) is 5.27. The van der Waals surface area contributed by atoms with E-state index in [0.717, 1.165) is 0 Å². The zero-order chi connectivity index (χ0) is 11.0. The number of amides is 1. The highest BCUT2D eigenvalue weighted by atomic mass is 16.5. The van der Waals surface area contributed by atoms with Gasteiger partial charge >= 0.3 is 5.97 Å². The number of carbonyl (C=O) groups excluding carboxylic acids is 2. The molecule has 0 aromatic heterocycles. The Hall–Kier alpha value is -1.36. The van der Waals surface area contributed by atoms with E-state index in [1.807, 2.05) is 0 Å². The highest BCUT2D eigenvalue weighted by molar-refractivity contribution is 5.88. The van der Waals surface area contributed by atoms with Gasteiger partial charge in [-0.1, -0.05) is 6.58 Å². The molecule has 14 heavy (non-hydrogen) atoms. The Morgan fingerprint density at radius 1 is 1.50 bits per heavy atom. The average Bonchev–Trinajstić information content (AvgIpc) is 2.12. The van der Waals surface area contributed by atoms with Gasteiger partial charge in [-0.15, -0.1) is 0 Å². The summed E-state index contributed by atoms with van der Waals surface area (Å²) in [5.74, 6) is -0.793. The number of hydrogen-bond acceptors (Lipinski definition) is 4. The molecule has 0 aromatic rings. The first-order valence-corrected chi connectivity index (χ1v) is 4.41. The van der Waals surface area contributed by atoms with Crippen LogP contribution in [0.5, 0.6) is 0 Å². The Morgan fingerprint density at radius 2 is 2.14 bits per heavy atom. The fourth-order valence-corrected chi connectivity index (χ4v) is 0.756. The number of ether oxygens (including phenoxy) is 1. The van der Waals surface area contributed by atoms with Crippen LogP contribution in [0.1, 0.15) is 13.3 Å². The molecule has 80 valence electrons. The molecule has 1 amide bonds. The SMILES string of the molecule is C=C(CNCCC(N)=O)C(=O)OCC. The molecule has 3 N–H and O–H groups in total. The normalized spacial score (nSPS) is 9.50. The van der Waals surface area contributed by atoms with Crippen LogP contribution in [0.25, 0.3) is 0 Å². The van der Waals surface area contributed by atoms with E-state index in [2.05, 4.69) is 11.9 Å². The van der Waals surface area contributed by atoms with Gasteiger partial charge in [-0.2, -0.15) is 0 Å². The smallest absolute Gasteiger partial charge is 0.334 e. The molecule has 5 nitrogen and oxygen atoms in total. The minimum Gasteiger partial charge on any atom is -0.463 e. The van der Waals surface area contributed by atoms with Crippen molar-refractivity contribution in [2.45, 2.75) is 13.3 Å². The van der Waals surface area contributed by atoms with Crippen molar-refractivity contribution in [1.82, 2.24) is 5.32 Å². The van der Waals surface area contributed by atoms with E-state index >= 15 is 0 Å². The lowest BCUT2D eigenvalue weighted by atomic mass is 10.3. The highest BCUT2D eigenvalue weighted by Gasteiger charge is 2.06. The lowest BCUT2D eigenvalue weighted by Gasteiger charge is -2.05. The van der Waals surface area contributed by atoms with Crippen LogP contribution < -0.4 is 11.1 Å². The Labute approximate surface area is 83.3 Å². The average molecular weight is 200 g/mol. The van der Waals surface area contributed by atoms with Crippen LogP contribution in [0.15, 0.2) is 12.2 Å². The van der Waals surface area contributed by atoms with Gasteiger partial charge in [0.1, 0.15) is 0 Å². The van der Waals surface area contributed by atoms with E-state index in [0.29, 0.717) is 25.3 Å². The largest absolute Gasteiger partial charge is 0.463 e. The fourth-order valence-electron chi connectivity index (χ4n) is 0.756. The Morgan fingerprint density at radius 3 is 2.64 bits per heavy atom. The van der Waals surface area contributed by atoms with Crippen molar-refractivity contribution in [3.63, 3.8) is 0 Å². The van der Waals surface area contributed by atoms with E-state index in [1.54, 1.807) is 6.92 Å². The Bertz CT molecular complexity index is 226. The summed E-state index contributed by atoms with van der Waals surface area (Å²) in [6, 6.07) is 0. The molecule has 0 aliphatic rings. The van der Waals surface area contributed by atoms with Gasteiger partial charge in [0.2, 0.25) is 5.91 Å². The van der Waals surface area contributed by atoms with Crippen molar-refractivity contribution in [3.8, 4) is 0 Å². The monoisotopic (exact) mass is 200 g/mol. The zero-order valence-corrected chi connectivity index (χ0v) is 8.34. The highest BCUT2D eigenvalue weighted by Crippen LogP contribution is 1.92. The van der Waals surface area contributed by atoms with Crippen LogP contribution in [-0.4, -0.2) is 31.6 Å². The second-order valence-corrected chi connectivity index (χ2v) is 2.72. The van der Waals surface area contributed by atoms with Crippen molar-refractivity contribution >= 4 is 11.9 Å². The minimum atomic E-state index is -0.418. The third-order valence-corrected chi connectivity index (χ3v) is 1.45. The lowest BCUT2D eigenvalue weighted by Crippen LogP contribution is -2.26. The molecule has 0 heterocycles. The molecule has 0 saturated heterocycles. The molecule has 0 aromatic carbocycles. The molecule has 0 spiro atoms. The van der Waals surface area contributed by atoms with E-state index in [-0.39, 0.29) is 12.3 Å². The van der Waals surface area contributed by atoms with Gasteiger partial charge in [-0.05, 0) is 6.92 Å². The van der Waals surface area contributed by atoms with Gasteiger partial charge in [-0.25, -0.2) is 4.79 Å². The van der Waals surface area contributed by atoms with E-state index in [4.69, 9.17) is 10.5 Å². The molecular weight excluding hydrogens is 184 g/mol. The first kappa shape index (κ1) is 12.6. The summed E-state index contributed by atoms with van der Waals surface area (Å²) in [6.45, 7) is 6.35. The van der Waals surface area contributed by atoms with Gasteiger partial charge in [-0.3, -0.25) is 4.79 Å². The van der Waals surface area contributed by atoms with E-state index in [1.165, 1.54) is 0 Å². The van der Waals surface area contributed by atoms with Gasteiger partial charge in [0, 0.05) is 25.1 Å². The summed E-state index contributed by atoms with van der Waals surface area (Å²) in [6.07, 6.45) is 0.246. The summed E-state index contributed by atoms with van der Waals surface area (Å²) in [4.78, 5) is 21.4. The molecular formula is C9H16N2O3. The molecule has 0 radical (unpaired) electrons. The molecule has 0 unspecified atom stereocenters. The first-order chi connectivity index (χ1) is 6.57. The number of primary amides is 1. The number of hydrogen-bond donors (Lipinski definition) is 2. The minimum absolute atomic E-state index is 0.246. The molecule has 0 aliphatic carbocycles. The van der Waals surface area contributed by atoms with Crippen LogP contribution in [0.2, 0.25) is 0 Å². The van der Waals surface area contributed by atoms with Crippen molar-refractivity contribution in [2.75, 3.05) is 19.7 Å². The predicted molar refractivity (Wildman–Crippen MR) is 52.5 cm³/mol. The van der Waals surface area contributed by atoms with Gasteiger partial charge < -0.3 is 15.8 Å². The van der Waals surface area contributed by atoms with Gasteiger partial charge in [0.25, 0.3) is 0 Å². The second kappa shape index (κ2) is 7.08. The third kappa shape index (κ3) is 6.19. The van der Waals surface area contributed by atoms with Gasteiger partial charge in [0.05, 0.1) is 6.61 Å². The Kier molecular flexibility index (Phi) is 6.39. The summed E-state index contributed by atoms with van der Waals surface area (Å²) in [5, 5.41) is 2.85. The van der Waals surface area contributed by atoms with Gasteiger partial charge in [0.15, 0.2) is 0 Å². The van der Waals surface area contributed by atoms with Crippen LogP contribution >= 0.6 is 0 Å². The fraction of sp³-hybridized carbons (Fsp3) is 0.556. The number of esters is 1. The number of nitrogens with two attached hydrogens (primary N) is 1. The van der Waals surface area contributed by atoms with Crippen LogP contribution in [0, 0.1) is 0 Å². The van der Waals surface area contributed by atoms with Crippen molar-refractivity contribution < 1.29 is 14.3 Å². The van der Waals surface area contributed by atoms with E-state index < -0.39 is 5.97 Å². The predicted octanol–water partition coefficient (Wildman–Crippen LogP) is -0.429. The summed E-state index contributed by atoms with van der Waals surface area (Å²) < 4.78 is 4.71. The zero-order valence-electron chi connectivity index (χ0n) is 8.34. The molecule has 0 atom stereocenters. The Balaban J connectivity index is 3.53. The van der Waals surface area contributed by atoms with Crippen LogP contribution in [0.3, 0.4) is 0 Å². The van der Waals surface area contributed by atoms with Crippen LogP contribution in [-0.2, 0) is 14.3 Å². The molecule has 5 heteroatoms. The number of nitrogens with one attached hydrogen (secondary N) is 1. The van der Waals surface area contributed by atoms with E-state index in [9.17, 15) is 9.59 Å². The van der Waals surface area contributed by atoms with Crippen molar-refractivity contribution in [2.24, 2.45) is 5.73 Å². The molecule has 0 saturated carbocycles. The summed E-state index contributed by atoms with van der Waals surface area (Å²) in [7, 11) is 0. The van der Waals surface area contributed by atoms with Crippen LogP contribution in [0.4, 0.5) is 0 Å². The quantitative estimate of drug-likeness (QED) is 0.332. The lowest BCUT2D eigenvalue weighted by molar-refractivity contribution is -0.138. The molecule has 0 fully saturated rings. The molecule has 0 rings (SSSR count). The number of carbonyl (C=O) groups is 2. The summed E-state index contributed by atoms with van der Waals surface area (Å²) >= 11 is 0. The first-order valence-electron chi connectivity index (χ1n) is 4.41. The van der Waals surface area contributed by atoms with Crippen molar-refractivity contribution in [3.05, 3.63) is 12.2 Å². The third-order valence-electron chi connectivity index (χ3n) is 1.45. The van der Waals surface area contributed by atoms with Crippen molar-refractivity contribution in [1.29, 1.82) is 0 Å². The maximum Gasteiger partial charge on any atom is 0.334 e. The maximum atomic E-state index is 11.0. The standard InChI is InChI=1S/C9H16N2O3/c1-3-14-9(13)7(2)6-11-5-4-8(10)12/h11H,2-6H2,1H3,(H2,10,12).